The Morgan fingerprint density at radius 3 is 2.63 bits per heavy atom. The molecule has 0 aromatic carbocycles. The van der Waals surface area contributed by atoms with Crippen LogP contribution in [0.25, 0.3) is 22.6 Å². The van der Waals surface area contributed by atoms with Gasteiger partial charge < -0.3 is 25.0 Å². The minimum atomic E-state index is -0.504. The molecule has 3 heterocycles. The van der Waals surface area contributed by atoms with Crippen LogP contribution in [-0.2, 0) is 0 Å². The Labute approximate surface area is 201 Å². The summed E-state index contributed by atoms with van der Waals surface area (Å²) in [5.74, 6) is 1.39. The predicted octanol–water partition coefficient (Wildman–Crippen LogP) is 3.09. The molecule has 4 N–H and O–H groups in total. The lowest BCUT2D eigenvalue weighted by Gasteiger charge is -2.58. The van der Waals surface area contributed by atoms with Crippen LogP contribution < -0.4 is 5.32 Å². The first kappa shape index (κ1) is 21.4. The van der Waals surface area contributed by atoms with Crippen molar-refractivity contribution >= 4 is 22.6 Å². The zero-order valence-corrected chi connectivity index (χ0v) is 19.5. The number of aliphatic hydroxyl groups excluding tert-OH is 1. The molecule has 35 heavy (non-hydrogen) atoms. The first-order chi connectivity index (χ1) is 17.0. The quantitative estimate of drug-likeness (QED) is 0.406. The van der Waals surface area contributed by atoms with Crippen molar-refractivity contribution in [1.82, 2.24) is 25.1 Å². The van der Waals surface area contributed by atoms with Crippen LogP contribution in [0.4, 0.5) is 5.69 Å². The molecule has 5 atom stereocenters. The van der Waals surface area contributed by atoms with E-state index in [9.17, 15) is 15.0 Å². The molecule has 5 saturated carbocycles. The number of fused-ring (bicyclic) bond motifs is 1. The lowest BCUT2D eigenvalue weighted by Crippen LogP contribution is -2.59. The number of imidazole rings is 1. The van der Waals surface area contributed by atoms with Gasteiger partial charge in [0.05, 0.1) is 29.3 Å². The Morgan fingerprint density at radius 2 is 1.89 bits per heavy atom. The summed E-state index contributed by atoms with van der Waals surface area (Å²) in [7, 11) is 0. The molecule has 10 nitrogen and oxygen atoms in total. The normalized spacial score (nSPS) is 36.1. The lowest BCUT2D eigenvalue weighted by molar-refractivity contribution is -0.129. The maximum Gasteiger partial charge on any atom is 0.294 e. The summed E-state index contributed by atoms with van der Waals surface area (Å²) in [5, 5.41) is 28.7. The standard InChI is InChI=1S/C25H30N6O4/c32-16-3-1-13(2-4-16)21(33)24-30-22(31-35-24)17-10-26-23-20(27-11-28-23)19(17)29-18-14-5-12-6-15(18)9-25(34,7-12)8-14/h10-16,18,32,34H,1-9H2,(H2,26,27,28,29)/t12?,13?,14-,15+,16?,18+,25-. The zero-order chi connectivity index (χ0) is 23.7. The minimum absolute atomic E-state index is 0.00584. The molecule has 0 aliphatic heterocycles. The third-order valence-electron chi connectivity index (χ3n) is 8.95. The van der Waals surface area contributed by atoms with Crippen molar-refractivity contribution in [3.63, 3.8) is 0 Å². The average Bonchev–Trinajstić information content (AvgIpc) is 3.50. The van der Waals surface area contributed by atoms with Crippen LogP contribution >= 0.6 is 0 Å². The number of Topliss-reactive ketones (excluding diaryl/α,β-unsaturated/α-hetero) is 1. The molecular formula is C25H30N6O4. The van der Waals surface area contributed by atoms with Gasteiger partial charge in [0.1, 0.15) is 5.52 Å². The third-order valence-corrected chi connectivity index (χ3v) is 8.95. The number of aromatic amines is 1. The Balaban J connectivity index is 1.21. The first-order valence-corrected chi connectivity index (χ1v) is 12.8. The van der Waals surface area contributed by atoms with Crippen molar-refractivity contribution in [2.24, 2.45) is 23.7 Å². The summed E-state index contributed by atoms with van der Waals surface area (Å²) < 4.78 is 5.42. The van der Waals surface area contributed by atoms with Gasteiger partial charge in [0.2, 0.25) is 11.6 Å². The molecule has 3 aromatic rings. The van der Waals surface area contributed by atoms with Crippen LogP contribution in [0.3, 0.4) is 0 Å². The molecule has 0 radical (unpaired) electrons. The van der Waals surface area contributed by atoms with Crippen LogP contribution in [0.15, 0.2) is 17.0 Å². The summed E-state index contributed by atoms with van der Waals surface area (Å²) in [6, 6.07) is 0.231. The SMILES string of the molecule is O=C(c1nc(-c2cnc3[nH]cnc3c2N[C@H]2[C@@H]3CC4C[C@H]2C[C@@](O)(C4)C3)no1)C1CCC(O)CC1. The lowest BCUT2D eigenvalue weighted by atomic mass is 9.52. The van der Waals surface area contributed by atoms with Crippen molar-refractivity contribution in [2.45, 2.75) is 75.5 Å². The molecule has 4 bridgehead atoms. The Bertz CT molecular complexity index is 1260. The van der Waals surface area contributed by atoms with E-state index in [-0.39, 0.29) is 29.7 Å². The number of nitrogens with zero attached hydrogens (tertiary/aromatic N) is 4. The third kappa shape index (κ3) is 3.57. The van der Waals surface area contributed by atoms with Gasteiger partial charge in [-0.25, -0.2) is 9.97 Å². The fraction of sp³-hybridized carbons (Fsp3) is 0.640. The number of nitrogens with one attached hydrogen (secondary N) is 2. The Morgan fingerprint density at radius 1 is 1.11 bits per heavy atom. The van der Waals surface area contributed by atoms with Gasteiger partial charge in [-0.3, -0.25) is 4.79 Å². The molecular weight excluding hydrogens is 448 g/mol. The van der Waals surface area contributed by atoms with Gasteiger partial charge in [0.15, 0.2) is 5.65 Å². The molecule has 10 heteroatoms. The monoisotopic (exact) mass is 478 g/mol. The van der Waals surface area contributed by atoms with Crippen molar-refractivity contribution in [3.05, 3.63) is 18.4 Å². The molecule has 5 aliphatic carbocycles. The van der Waals surface area contributed by atoms with Gasteiger partial charge in [0.25, 0.3) is 5.89 Å². The number of anilines is 1. The van der Waals surface area contributed by atoms with E-state index in [1.165, 1.54) is 0 Å². The van der Waals surface area contributed by atoms with Crippen molar-refractivity contribution < 1.29 is 19.5 Å². The predicted molar refractivity (Wildman–Crippen MR) is 125 cm³/mol. The van der Waals surface area contributed by atoms with Gasteiger partial charge in [-0.05, 0) is 75.5 Å². The maximum atomic E-state index is 13.0. The largest absolute Gasteiger partial charge is 0.393 e. The molecule has 5 aliphatic rings. The molecule has 0 amide bonds. The first-order valence-electron chi connectivity index (χ1n) is 12.8. The number of rotatable bonds is 5. The highest BCUT2D eigenvalue weighted by atomic mass is 16.5. The van der Waals surface area contributed by atoms with Gasteiger partial charge in [-0.2, -0.15) is 4.98 Å². The topological polar surface area (TPSA) is 150 Å². The fourth-order valence-corrected chi connectivity index (χ4v) is 7.53. The Kier molecular flexibility index (Phi) is 4.79. The summed E-state index contributed by atoms with van der Waals surface area (Å²) >= 11 is 0. The van der Waals surface area contributed by atoms with Gasteiger partial charge in [-0.15, -0.1) is 0 Å². The van der Waals surface area contributed by atoms with E-state index in [4.69, 9.17) is 4.52 Å². The molecule has 8 rings (SSSR count). The van der Waals surface area contributed by atoms with Crippen molar-refractivity contribution in [1.29, 1.82) is 0 Å². The highest BCUT2D eigenvalue weighted by molar-refractivity contribution is 5.96. The second-order valence-corrected chi connectivity index (χ2v) is 11.3. The molecule has 0 saturated heterocycles. The van der Waals surface area contributed by atoms with E-state index in [2.05, 4.69) is 30.4 Å². The van der Waals surface area contributed by atoms with Gasteiger partial charge in [-0.1, -0.05) is 5.16 Å². The fourth-order valence-electron chi connectivity index (χ4n) is 7.53. The van der Waals surface area contributed by atoms with Crippen LogP contribution in [0.2, 0.25) is 0 Å². The number of aliphatic hydroxyl groups is 2. The van der Waals surface area contributed by atoms with Crippen LogP contribution in [0.1, 0.15) is 68.5 Å². The summed E-state index contributed by atoms with van der Waals surface area (Å²) in [6.45, 7) is 0. The Hall–Kier alpha value is -2.85. The molecule has 1 unspecified atom stereocenters. The number of H-pyrrole nitrogens is 1. The van der Waals surface area contributed by atoms with Crippen molar-refractivity contribution in [3.8, 4) is 11.4 Å². The smallest absolute Gasteiger partial charge is 0.294 e. The summed E-state index contributed by atoms with van der Waals surface area (Å²) in [6.07, 6.45) is 10.4. The number of pyridine rings is 1. The second-order valence-electron chi connectivity index (χ2n) is 11.3. The average molecular weight is 479 g/mol. The minimum Gasteiger partial charge on any atom is -0.393 e. The van der Waals surface area contributed by atoms with Crippen LogP contribution in [-0.4, -0.2) is 58.8 Å². The van der Waals surface area contributed by atoms with E-state index < -0.39 is 5.60 Å². The highest BCUT2D eigenvalue weighted by Gasteiger charge is 2.55. The zero-order valence-electron chi connectivity index (χ0n) is 19.5. The van der Waals surface area contributed by atoms with Gasteiger partial charge in [0, 0.05) is 18.2 Å². The second kappa shape index (κ2) is 7.83. The number of carbonyl (C=O) groups is 1. The van der Waals surface area contributed by atoms with Crippen LogP contribution in [0.5, 0.6) is 0 Å². The van der Waals surface area contributed by atoms with Crippen LogP contribution in [0, 0.1) is 23.7 Å². The summed E-state index contributed by atoms with van der Waals surface area (Å²) in [5.41, 5.74) is 2.31. The van der Waals surface area contributed by atoms with E-state index in [0.717, 1.165) is 37.8 Å². The van der Waals surface area contributed by atoms with E-state index in [1.54, 1.807) is 12.5 Å². The number of carbonyl (C=O) groups excluding carboxylic acids is 1. The van der Waals surface area contributed by atoms with Crippen molar-refractivity contribution in [2.75, 3.05) is 5.32 Å². The van der Waals surface area contributed by atoms with E-state index in [1.807, 2.05) is 0 Å². The highest BCUT2D eigenvalue weighted by Crippen LogP contribution is 2.56. The maximum absolute atomic E-state index is 13.0. The van der Waals surface area contributed by atoms with E-state index >= 15 is 0 Å². The molecule has 184 valence electrons. The number of hydrogen-bond acceptors (Lipinski definition) is 9. The molecule has 3 aromatic heterocycles. The number of hydrogen-bond donors (Lipinski definition) is 4. The number of ketones is 1. The molecule has 5 fully saturated rings. The van der Waals surface area contributed by atoms with E-state index in [0.29, 0.717) is 66.0 Å². The van der Waals surface area contributed by atoms with Gasteiger partial charge >= 0.3 is 0 Å². The molecule has 0 spiro atoms. The summed E-state index contributed by atoms with van der Waals surface area (Å²) in [4.78, 5) is 29.5. The number of aromatic nitrogens is 5.